The molecule has 1 aromatic carbocycles. The van der Waals surface area contributed by atoms with Crippen LogP contribution in [0.2, 0.25) is 0 Å². The number of rotatable bonds is 4. The lowest BCUT2D eigenvalue weighted by atomic mass is 10.1. The van der Waals surface area contributed by atoms with E-state index in [4.69, 9.17) is 15.2 Å². The van der Waals surface area contributed by atoms with E-state index in [2.05, 4.69) is 0 Å². The molecule has 0 radical (unpaired) electrons. The normalized spacial score (nSPS) is 12.3. The fraction of sp³-hybridized carbons (Fsp3) is 0.400. The van der Waals surface area contributed by atoms with Crippen LogP contribution in [0.5, 0.6) is 11.5 Å². The van der Waals surface area contributed by atoms with Crippen LogP contribution in [0.3, 0.4) is 0 Å². The highest BCUT2D eigenvalue weighted by molar-refractivity contribution is 5.39. The van der Waals surface area contributed by atoms with Gasteiger partial charge in [-0.2, -0.15) is 0 Å². The van der Waals surface area contributed by atoms with Crippen LogP contribution in [0, 0.1) is 0 Å². The van der Waals surface area contributed by atoms with Gasteiger partial charge in [0.1, 0.15) is 11.5 Å². The second kappa shape index (κ2) is 4.83. The Kier molecular flexibility index (Phi) is 3.73. The van der Waals surface area contributed by atoms with Gasteiger partial charge < -0.3 is 20.3 Å². The molecule has 4 nitrogen and oxygen atoms in total. The van der Waals surface area contributed by atoms with Crippen LogP contribution in [0.15, 0.2) is 18.2 Å². The van der Waals surface area contributed by atoms with E-state index < -0.39 is 6.10 Å². The smallest absolute Gasteiger partial charge is 0.122 e. The summed E-state index contributed by atoms with van der Waals surface area (Å²) < 4.78 is 10.1. The third-order valence-electron chi connectivity index (χ3n) is 1.98. The van der Waals surface area contributed by atoms with Gasteiger partial charge in [-0.1, -0.05) is 0 Å². The lowest BCUT2D eigenvalue weighted by Gasteiger charge is -2.11. The molecule has 1 rings (SSSR count). The Balaban J connectivity index is 3.04. The Morgan fingerprint density at radius 2 is 1.71 bits per heavy atom. The Morgan fingerprint density at radius 3 is 2.07 bits per heavy atom. The molecule has 0 aliphatic rings. The molecule has 1 aromatic rings. The van der Waals surface area contributed by atoms with Crippen molar-refractivity contribution in [2.24, 2.45) is 5.73 Å². The lowest BCUT2D eigenvalue weighted by molar-refractivity contribution is 0.186. The molecule has 0 saturated heterocycles. The van der Waals surface area contributed by atoms with Gasteiger partial charge in [0.15, 0.2) is 0 Å². The Bertz CT molecular complexity index is 279. The van der Waals surface area contributed by atoms with Crippen molar-refractivity contribution in [2.75, 3.05) is 20.8 Å². The maximum Gasteiger partial charge on any atom is 0.122 e. The maximum atomic E-state index is 9.53. The molecule has 0 amide bonds. The van der Waals surface area contributed by atoms with Gasteiger partial charge in [0.2, 0.25) is 0 Å². The van der Waals surface area contributed by atoms with Crippen LogP contribution in [-0.4, -0.2) is 25.9 Å². The van der Waals surface area contributed by atoms with E-state index in [1.165, 1.54) is 0 Å². The van der Waals surface area contributed by atoms with Crippen molar-refractivity contribution in [1.82, 2.24) is 0 Å². The van der Waals surface area contributed by atoms with Crippen LogP contribution < -0.4 is 15.2 Å². The molecule has 0 saturated carbocycles. The monoisotopic (exact) mass is 197 g/mol. The molecule has 78 valence electrons. The van der Waals surface area contributed by atoms with Crippen LogP contribution in [-0.2, 0) is 0 Å². The zero-order valence-electron chi connectivity index (χ0n) is 8.36. The highest BCUT2D eigenvalue weighted by Gasteiger charge is 2.08. The molecular formula is C10H15NO3. The summed E-state index contributed by atoms with van der Waals surface area (Å²) >= 11 is 0. The molecule has 0 aliphatic heterocycles. The Morgan fingerprint density at radius 1 is 1.21 bits per heavy atom. The van der Waals surface area contributed by atoms with Crippen LogP contribution >= 0.6 is 0 Å². The summed E-state index contributed by atoms with van der Waals surface area (Å²) in [6, 6.07) is 5.22. The third-order valence-corrected chi connectivity index (χ3v) is 1.98. The van der Waals surface area contributed by atoms with Crippen molar-refractivity contribution in [3.8, 4) is 11.5 Å². The van der Waals surface area contributed by atoms with Crippen LogP contribution in [0.4, 0.5) is 0 Å². The first-order valence-electron chi connectivity index (χ1n) is 4.32. The molecule has 14 heavy (non-hydrogen) atoms. The molecule has 0 aliphatic carbocycles. The Hall–Kier alpha value is -1.26. The quantitative estimate of drug-likeness (QED) is 0.745. The Labute approximate surface area is 83.3 Å². The number of hydrogen-bond acceptors (Lipinski definition) is 4. The molecule has 0 fully saturated rings. The number of nitrogens with two attached hydrogens (primary N) is 1. The summed E-state index contributed by atoms with van der Waals surface area (Å²) in [6.07, 6.45) is -0.681. The average molecular weight is 197 g/mol. The third kappa shape index (κ3) is 2.37. The van der Waals surface area contributed by atoms with Gasteiger partial charge in [0.05, 0.1) is 20.3 Å². The predicted octanol–water partition coefficient (Wildman–Crippen LogP) is 0.696. The second-order valence-electron chi connectivity index (χ2n) is 2.90. The van der Waals surface area contributed by atoms with E-state index in [0.717, 1.165) is 0 Å². The van der Waals surface area contributed by atoms with E-state index in [-0.39, 0.29) is 6.54 Å². The predicted molar refractivity (Wildman–Crippen MR) is 53.6 cm³/mol. The number of aliphatic hydroxyl groups excluding tert-OH is 1. The van der Waals surface area contributed by atoms with Crippen molar-refractivity contribution in [1.29, 1.82) is 0 Å². The highest BCUT2D eigenvalue weighted by Crippen LogP contribution is 2.25. The van der Waals surface area contributed by atoms with Gasteiger partial charge in [-0.05, 0) is 17.7 Å². The second-order valence-corrected chi connectivity index (χ2v) is 2.90. The maximum absolute atomic E-state index is 9.53. The molecule has 3 N–H and O–H groups in total. The first-order chi connectivity index (χ1) is 6.71. The number of ether oxygens (including phenoxy) is 2. The first kappa shape index (κ1) is 10.8. The van der Waals surface area contributed by atoms with E-state index in [1.54, 1.807) is 32.4 Å². The number of methoxy groups -OCH3 is 2. The number of hydrogen-bond donors (Lipinski definition) is 2. The summed E-state index contributed by atoms with van der Waals surface area (Å²) in [6.45, 7) is 0.177. The van der Waals surface area contributed by atoms with E-state index in [1.807, 2.05) is 0 Å². The van der Waals surface area contributed by atoms with E-state index in [0.29, 0.717) is 17.1 Å². The van der Waals surface area contributed by atoms with Gasteiger partial charge in [-0.3, -0.25) is 0 Å². The molecule has 0 spiro atoms. The number of aliphatic hydroxyl groups is 1. The largest absolute Gasteiger partial charge is 0.497 e. The fourth-order valence-corrected chi connectivity index (χ4v) is 1.16. The summed E-state index contributed by atoms with van der Waals surface area (Å²) in [5, 5.41) is 9.53. The summed E-state index contributed by atoms with van der Waals surface area (Å²) in [4.78, 5) is 0. The van der Waals surface area contributed by atoms with Crippen molar-refractivity contribution in [2.45, 2.75) is 6.10 Å². The minimum absolute atomic E-state index is 0.177. The molecular weight excluding hydrogens is 182 g/mol. The highest BCUT2D eigenvalue weighted by atomic mass is 16.5. The summed E-state index contributed by atoms with van der Waals surface area (Å²) in [7, 11) is 3.13. The molecule has 0 unspecified atom stereocenters. The SMILES string of the molecule is COc1cc(OC)cc([C@H](O)CN)c1. The first-order valence-corrected chi connectivity index (χ1v) is 4.32. The molecule has 0 aromatic heterocycles. The van der Waals surface area contributed by atoms with Gasteiger partial charge >= 0.3 is 0 Å². The van der Waals surface area contributed by atoms with E-state index >= 15 is 0 Å². The summed E-state index contributed by atoms with van der Waals surface area (Å²) in [5.41, 5.74) is 6.05. The minimum Gasteiger partial charge on any atom is -0.497 e. The standard InChI is InChI=1S/C10H15NO3/c1-13-8-3-7(10(12)6-11)4-9(5-8)14-2/h3-5,10,12H,6,11H2,1-2H3/t10-/m1/s1. The lowest BCUT2D eigenvalue weighted by Crippen LogP contribution is -2.11. The van der Waals surface area contributed by atoms with Gasteiger partial charge in [0, 0.05) is 12.6 Å². The molecule has 1 atom stereocenters. The van der Waals surface area contributed by atoms with Crippen molar-refractivity contribution in [3.05, 3.63) is 23.8 Å². The van der Waals surface area contributed by atoms with Crippen molar-refractivity contribution in [3.63, 3.8) is 0 Å². The summed E-state index contributed by atoms with van der Waals surface area (Å²) in [5.74, 6) is 1.29. The minimum atomic E-state index is -0.681. The fourth-order valence-electron chi connectivity index (χ4n) is 1.16. The molecule has 0 bridgehead atoms. The van der Waals surface area contributed by atoms with Gasteiger partial charge in [-0.15, -0.1) is 0 Å². The molecule has 4 heteroatoms. The average Bonchev–Trinajstić information content (AvgIpc) is 2.27. The zero-order valence-corrected chi connectivity index (χ0v) is 8.36. The number of benzene rings is 1. The van der Waals surface area contributed by atoms with Gasteiger partial charge in [-0.25, -0.2) is 0 Å². The van der Waals surface area contributed by atoms with Crippen LogP contribution in [0.1, 0.15) is 11.7 Å². The molecule has 0 heterocycles. The van der Waals surface area contributed by atoms with E-state index in [9.17, 15) is 5.11 Å². The van der Waals surface area contributed by atoms with Gasteiger partial charge in [0.25, 0.3) is 0 Å². The van der Waals surface area contributed by atoms with Crippen LogP contribution in [0.25, 0.3) is 0 Å². The van der Waals surface area contributed by atoms with Crippen molar-refractivity contribution < 1.29 is 14.6 Å². The zero-order chi connectivity index (χ0) is 10.6. The topological polar surface area (TPSA) is 64.7 Å². The van der Waals surface area contributed by atoms with Crippen molar-refractivity contribution >= 4 is 0 Å².